The Morgan fingerprint density at radius 2 is 1.86 bits per heavy atom. The maximum Gasteiger partial charge on any atom is 0.450 e. The smallest absolute Gasteiger partial charge is 0.450 e. The van der Waals surface area contributed by atoms with Crippen LogP contribution < -0.4 is 0 Å². The molecule has 0 amide bonds. The fraction of sp³-hybridized carbons (Fsp3) is 0.778. The molecule has 1 heterocycles. The highest BCUT2D eigenvalue weighted by atomic mass is 19.4. The maximum atomic E-state index is 12.5. The molecule has 0 bridgehead atoms. The lowest BCUT2D eigenvalue weighted by atomic mass is 10.1. The van der Waals surface area contributed by atoms with Crippen LogP contribution in [0.3, 0.4) is 0 Å². The molecule has 5 heteroatoms. The summed E-state index contributed by atoms with van der Waals surface area (Å²) in [6.07, 6.45) is -4.93. The van der Waals surface area contributed by atoms with Crippen molar-refractivity contribution < 1.29 is 17.9 Å². The number of allylic oxidation sites excluding steroid dienone is 2. The fourth-order valence-corrected chi connectivity index (χ4v) is 1.55. The number of ether oxygens (including phenoxy) is 1. The van der Waals surface area contributed by atoms with E-state index < -0.39 is 18.2 Å². The van der Waals surface area contributed by atoms with Crippen LogP contribution in [0.2, 0.25) is 0 Å². The van der Waals surface area contributed by atoms with Gasteiger partial charge in [0.2, 0.25) is 5.76 Å². The number of alkyl halides is 3. The molecule has 1 rings (SSSR count). The van der Waals surface area contributed by atoms with Crippen LogP contribution in [0.4, 0.5) is 13.2 Å². The van der Waals surface area contributed by atoms with Crippen LogP contribution in [0, 0.1) is 5.92 Å². The molecule has 0 aliphatic carbocycles. The van der Waals surface area contributed by atoms with E-state index in [0.717, 1.165) is 0 Å². The summed E-state index contributed by atoms with van der Waals surface area (Å²) in [6.45, 7) is 5.04. The predicted octanol–water partition coefficient (Wildman–Crippen LogP) is 2.72. The van der Waals surface area contributed by atoms with Crippen LogP contribution in [0.25, 0.3) is 0 Å². The first-order valence-electron chi connectivity index (χ1n) is 4.46. The van der Waals surface area contributed by atoms with Gasteiger partial charge >= 0.3 is 6.18 Å². The largest absolute Gasteiger partial charge is 0.464 e. The Kier molecular flexibility index (Phi) is 2.69. The Morgan fingerprint density at radius 1 is 1.36 bits per heavy atom. The minimum atomic E-state index is -4.39. The minimum Gasteiger partial charge on any atom is -0.464 e. The van der Waals surface area contributed by atoms with Crippen molar-refractivity contribution in [2.45, 2.75) is 33.2 Å². The van der Waals surface area contributed by atoms with E-state index in [0.29, 0.717) is 0 Å². The summed E-state index contributed by atoms with van der Waals surface area (Å²) in [7, 11) is 1.61. The van der Waals surface area contributed by atoms with E-state index in [1.807, 2.05) is 0 Å². The molecule has 82 valence electrons. The average molecular weight is 209 g/mol. The molecule has 2 nitrogen and oxygen atoms in total. The van der Waals surface area contributed by atoms with E-state index in [4.69, 9.17) is 4.74 Å². The molecule has 14 heavy (non-hydrogen) atoms. The Hall–Kier alpha value is -0.870. The van der Waals surface area contributed by atoms with Crippen molar-refractivity contribution in [2.24, 2.45) is 5.92 Å². The third-order valence-corrected chi connectivity index (χ3v) is 2.25. The van der Waals surface area contributed by atoms with Crippen molar-refractivity contribution in [3.63, 3.8) is 0 Å². The van der Waals surface area contributed by atoms with Crippen molar-refractivity contribution in [2.75, 3.05) is 7.05 Å². The van der Waals surface area contributed by atoms with Crippen molar-refractivity contribution in [3.05, 3.63) is 11.5 Å². The molecule has 0 radical (unpaired) electrons. The van der Waals surface area contributed by atoms with Crippen molar-refractivity contribution in [1.29, 1.82) is 0 Å². The summed E-state index contributed by atoms with van der Waals surface area (Å²) in [5.41, 5.74) is 0.227. The van der Waals surface area contributed by atoms with Crippen molar-refractivity contribution >= 4 is 0 Å². The highest BCUT2D eigenvalue weighted by molar-refractivity contribution is 5.18. The number of hydrogen-bond acceptors (Lipinski definition) is 2. The molecular weight excluding hydrogens is 195 g/mol. The van der Waals surface area contributed by atoms with Crippen LogP contribution >= 0.6 is 0 Å². The van der Waals surface area contributed by atoms with E-state index in [-0.39, 0.29) is 11.6 Å². The fourth-order valence-electron chi connectivity index (χ4n) is 1.55. The predicted molar refractivity (Wildman–Crippen MR) is 46.2 cm³/mol. The van der Waals surface area contributed by atoms with E-state index in [1.54, 1.807) is 27.8 Å². The third kappa shape index (κ3) is 1.81. The normalized spacial score (nSPS) is 23.4. The van der Waals surface area contributed by atoms with Crippen LogP contribution in [0.5, 0.6) is 0 Å². The van der Waals surface area contributed by atoms with Crippen molar-refractivity contribution in [1.82, 2.24) is 4.90 Å². The van der Waals surface area contributed by atoms with Crippen molar-refractivity contribution in [3.8, 4) is 0 Å². The molecule has 1 aliphatic heterocycles. The number of hydrogen-bond donors (Lipinski definition) is 0. The van der Waals surface area contributed by atoms with Gasteiger partial charge in [-0.05, 0) is 12.8 Å². The van der Waals surface area contributed by atoms with Gasteiger partial charge < -0.3 is 9.64 Å². The lowest BCUT2D eigenvalue weighted by Gasteiger charge is -2.21. The summed E-state index contributed by atoms with van der Waals surface area (Å²) >= 11 is 0. The van der Waals surface area contributed by atoms with E-state index in [2.05, 4.69) is 0 Å². The second kappa shape index (κ2) is 3.37. The molecule has 0 saturated carbocycles. The Labute approximate surface area is 81.3 Å². The van der Waals surface area contributed by atoms with Gasteiger partial charge in [-0.15, -0.1) is 0 Å². The SMILES string of the molecule is CC(C)C1=C(C(F)(F)F)OC(C)N1C. The Morgan fingerprint density at radius 3 is 2.14 bits per heavy atom. The van der Waals surface area contributed by atoms with E-state index in [1.165, 1.54) is 4.90 Å². The molecule has 1 unspecified atom stereocenters. The van der Waals surface area contributed by atoms with Gasteiger partial charge in [0.1, 0.15) is 0 Å². The highest BCUT2D eigenvalue weighted by Crippen LogP contribution is 2.39. The van der Waals surface area contributed by atoms with Gasteiger partial charge in [0.25, 0.3) is 0 Å². The number of nitrogens with zero attached hydrogens (tertiary/aromatic N) is 1. The summed E-state index contributed by atoms with van der Waals surface area (Å²) in [5, 5.41) is 0. The second-order valence-corrected chi connectivity index (χ2v) is 3.69. The van der Waals surface area contributed by atoms with E-state index >= 15 is 0 Å². The molecular formula is C9H14F3NO. The van der Waals surface area contributed by atoms with Crippen LogP contribution in [-0.4, -0.2) is 24.4 Å². The lowest BCUT2D eigenvalue weighted by Crippen LogP contribution is -2.25. The molecule has 1 atom stereocenters. The molecule has 0 aromatic carbocycles. The van der Waals surface area contributed by atoms with Gasteiger partial charge in [0, 0.05) is 7.05 Å². The second-order valence-electron chi connectivity index (χ2n) is 3.69. The summed E-state index contributed by atoms with van der Waals surface area (Å²) < 4.78 is 42.3. The van der Waals surface area contributed by atoms with Gasteiger partial charge in [0.15, 0.2) is 6.23 Å². The first kappa shape index (κ1) is 11.2. The Bertz CT molecular complexity index is 257. The lowest BCUT2D eigenvalue weighted by molar-refractivity contribution is -0.136. The maximum absolute atomic E-state index is 12.5. The molecule has 0 saturated heterocycles. The van der Waals surface area contributed by atoms with Crippen LogP contribution in [-0.2, 0) is 4.74 Å². The highest BCUT2D eigenvalue weighted by Gasteiger charge is 2.45. The molecule has 0 N–H and O–H groups in total. The van der Waals surface area contributed by atoms with Crippen LogP contribution in [0.1, 0.15) is 20.8 Å². The van der Waals surface area contributed by atoms with Gasteiger partial charge in [-0.25, -0.2) is 0 Å². The zero-order valence-electron chi connectivity index (χ0n) is 8.64. The summed E-state index contributed by atoms with van der Waals surface area (Å²) in [5.74, 6) is -1.04. The Balaban J connectivity index is 3.09. The number of halogens is 3. The molecule has 0 spiro atoms. The van der Waals surface area contributed by atoms with Crippen LogP contribution in [0.15, 0.2) is 11.5 Å². The minimum absolute atomic E-state index is 0.193. The quantitative estimate of drug-likeness (QED) is 0.658. The standard InChI is InChI=1S/C9H14F3NO/c1-5(2)7-8(9(10,11)12)14-6(3)13(7)4/h5-6H,1-4H3. The third-order valence-electron chi connectivity index (χ3n) is 2.25. The molecule has 0 aromatic rings. The average Bonchev–Trinajstić information content (AvgIpc) is 2.27. The monoisotopic (exact) mass is 209 g/mol. The van der Waals surface area contributed by atoms with Gasteiger partial charge in [-0.1, -0.05) is 13.8 Å². The summed E-state index contributed by atoms with van der Waals surface area (Å²) in [6, 6.07) is 0. The zero-order valence-corrected chi connectivity index (χ0v) is 8.64. The molecule has 1 aliphatic rings. The first-order valence-corrected chi connectivity index (χ1v) is 4.46. The first-order chi connectivity index (χ1) is 6.25. The van der Waals surface area contributed by atoms with Gasteiger partial charge in [-0.3, -0.25) is 0 Å². The molecule has 0 fully saturated rings. The zero-order chi connectivity index (χ0) is 11.1. The number of rotatable bonds is 1. The topological polar surface area (TPSA) is 12.5 Å². The summed E-state index contributed by atoms with van der Waals surface area (Å²) in [4.78, 5) is 1.52. The van der Waals surface area contributed by atoms with Gasteiger partial charge in [-0.2, -0.15) is 13.2 Å². The van der Waals surface area contributed by atoms with Gasteiger partial charge in [0.05, 0.1) is 5.70 Å². The van der Waals surface area contributed by atoms with E-state index in [9.17, 15) is 13.2 Å². The molecule has 0 aromatic heterocycles.